The predicted molar refractivity (Wildman–Crippen MR) is 67.5 cm³/mol. The first kappa shape index (κ1) is 13.8. The van der Waals surface area contributed by atoms with Gasteiger partial charge >= 0.3 is 0 Å². The van der Waals surface area contributed by atoms with E-state index in [2.05, 4.69) is 25.2 Å². The lowest BCUT2D eigenvalue weighted by molar-refractivity contribution is -0.00897. The molecule has 0 aliphatic rings. The van der Waals surface area contributed by atoms with E-state index in [4.69, 9.17) is 10.00 Å². The molecule has 0 bridgehead atoms. The SMILES string of the molecule is CCOC(C)(C)CNCc1cc(C#N)n(C)c1. The predicted octanol–water partition coefficient (Wildman–Crippen LogP) is 1.80. The van der Waals surface area contributed by atoms with Gasteiger partial charge in [0.1, 0.15) is 11.8 Å². The van der Waals surface area contributed by atoms with Crippen molar-refractivity contribution in [2.75, 3.05) is 13.2 Å². The van der Waals surface area contributed by atoms with Crippen LogP contribution in [0.25, 0.3) is 0 Å². The molecule has 0 amide bonds. The summed E-state index contributed by atoms with van der Waals surface area (Å²) in [7, 11) is 1.88. The van der Waals surface area contributed by atoms with E-state index in [1.54, 1.807) is 0 Å². The molecule has 0 saturated heterocycles. The number of nitrogens with one attached hydrogen (secondary N) is 1. The molecule has 1 aromatic heterocycles. The van der Waals surface area contributed by atoms with Crippen molar-refractivity contribution in [2.45, 2.75) is 32.9 Å². The first-order valence-electron chi connectivity index (χ1n) is 5.88. The molecule has 1 N–H and O–H groups in total. The van der Waals surface area contributed by atoms with Crippen molar-refractivity contribution in [3.05, 3.63) is 23.5 Å². The number of aryl methyl sites for hydroxylation is 1. The fraction of sp³-hybridized carbons (Fsp3) is 0.615. The molecule has 0 radical (unpaired) electrons. The van der Waals surface area contributed by atoms with Gasteiger partial charge in [-0.2, -0.15) is 5.26 Å². The molecule has 1 aromatic rings. The van der Waals surface area contributed by atoms with Gasteiger partial charge in [-0.25, -0.2) is 0 Å². The van der Waals surface area contributed by atoms with E-state index >= 15 is 0 Å². The Labute approximate surface area is 103 Å². The third-order valence-electron chi connectivity index (χ3n) is 2.59. The van der Waals surface area contributed by atoms with E-state index in [1.807, 2.05) is 30.8 Å². The van der Waals surface area contributed by atoms with Gasteiger partial charge in [0.2, 0.25) is 0 Å². The van der Waals surface area contributed by atoms with Gasteiger partial charge in [0.25, 0.3) is 0 Å². The summed E-state index contributed by atoms with van der Waals surface area (Å²) < 4.78 is 7.44. The second-order valence-corrected chi connectivity index (χ2v) is 4.75. The maximum atomic E-state index is 8.85. The molecule has 0 aliphatic carbocycles. The molecule has 0 fully saturated rings. The Balaban J connectivity index is 2.43. The van der Waals surface area contributed by atoms with Crippen LogP contribution in [-0.2, 0) is 18.3 Å². The van der Waals surface area contributed by atoms with Crippen LogP contribution < -0.4 is 5.32 Å². The Morgan fingerprint density at radius 3 is 2.76 bits per heavy atom. The summed E-state index contributed by atoms with van der Waals surface area (Å²) in [6, 6.07) is 4.06. The largest absolute Gasteiger partial charge is 0.375 e. The van der Waals surface area contributed by atoms with Crippen molar-refractivity contribution < 1.29 is 4.74 Å². The normalized spacial score (nSPS) is 11.5. The highest BCUT2D eigenvalue weighted by Crippen LogP contribution is 2.09. The van der Waals surface area contributed by atoms with E-state index in [0.717, 1.165) is 25.3 Å². The molecule has 0 atom stereocenters. The van der Waals surface area contributed by atoms with Crippen LogP contribution in [0.1, 0.15) is 32.0 Å². The zero-order chi connectivity index (χ0) is 12.9. The van der Waals surface area contributed by atoms with Crippen molar-refractivity contribution in [2.24, 2.45) is 7.05 Å². The molecular weight excluding hydrogens is 214 g/mol. The van der Waals surface area contributed by atoms with Gasteiger partial charge in [-0.15, -0.1) is 0 Å². The van der Waals surface area contributed by atoms with Crippen LogP contribution in [0.15, 0.2) is 12.3 Å². The summed E-state index contributed by atoms with van der Waals surface area (Å²) in [6.07, 6.45) is 1.97. The van der Waals surface area contributed by atoms with Crippen molar-refractivity contribution in [3.8, 4) is 6.07 Å². The minimum atomic E-state index is -0.151. The van der Waals surface area contributed by atoms with Gasteiger partial charge in [0, 0.05) is 32.9 Å². The third-order valence-corrected chi connectivity index (χ3v) is 2.59. The summed E-state index contributed by atoms with van der Waals surface area (Å²) >= 11 is 0. The van der Waals surface area contributed by atoms with Gasteiger partial charge < -0.3 is 14.6 Å². The summed E-state index contributed by atoms with van der Waals surface area (Å²) in [4.78, 5) is 0. The quantitative estimate of drug-likeness (QED) is 0.818. The van der Waals surface area contributed by atoms with Gasteiger partial charge in [0.15, 0.2) is 0 Å². The van der Waals surface area contributed by atoms with Gasteiger partial charge in [-0.3, -0.25) is 0 Å². The molecule has 1 heterocycles. The maximum Gasteiger partial charge on any atom is 0.120 e. The lowest BCUT2D eigenvalue weighted by atomic mass is 10.1. The highest BCUT2D eigenvalue weighted by Gasteiger charge is 2.16. The average molecular weight is 235 g/mol. The van der Waals surface area contributed by atoms with Crippen LogP contribution in [0.3, 0.4) is 0 Å². The van der Waals surface area contributed by atoms with E-state index in [-0.39, 0.29) is 5.60 Å². The molecular formula is C13H21N3O. The highest BCUT2D eigenvalue weighted by molar-refractivity contribution is 5.28. The minimum Gasteiger partial charge on any atom is -0.375 e. The monoisotopic (exact) mass is 235 g/mol. The molecule has 1 rings (SSSR count). The summed E-state index contributed by atoms with van der Waals surface area (Å²) in [5.41, 5.74) is 1.66. The van der Waals surface area contributed by atoms with Crippen molar-refractivity contribution in [3.63, 3.8) is 0 Å². The van der Waals surface area contributed by atoms with Crippen LogP contribution in [0.2, 0.25) is 0 Å². The van der Waals surface area contributed by atoms with E-state index in [0.29, 0.717) is 5.69 Å². The number of rotatable bonds is 6. The van der Waals surface area contributed by atoms with Crippen molar-refractivity contribution in [1.29, 1.82) is 5.26 Å². The van der Waals surface area contributed by atoms with Crippen LogP contribution in [0.5, 0.6) is 0 Å². The van der Waals surface area contributed by atoms with E-state index in [1.165, 1.54) is 0 Å². The number of nitriles is 1. The maximum absolute atomic E-state index is 8.85. The van der Waals surface area contributed by atoms with E-state index < -0.39 is 0 Å². The van der Waals surface area contributed by atoms with E-state index in [9.17, 15) is 0 Å². The zero-order valence-electron chi connectivity index (χ0n) is 11.1. The number of hydrogen-bond acceptors (Lipinski definition) is 3. The molecule has 17 heavy (non-hydrogen) atoms. The Bertz CT molecular complexity index is 401. The van der Waals surface area contributed by atoms with Crippen molar-refractivity contribution in [1.82, 2.24) is 9.88 Å². The lowest BCUT2D eigenvalue weighted by Crippen LogP contribution is -2.37. The standard InChI is InChI=1S/C13H21N3O/c1-5-17-13(2,3)10-15-8-11-6-12(7-14)16(4)9-11/h6,9,15H,5,8,10H2,1-4H3. The Hall–Kier alpha value is -1.31. The number of ether oxygens (including phenoxy) is 1. The summed E-state index contributed by atoms with van der Waals surface area (Å²) in [5, 5.41) is 12.2. The lowest BCUT2D eigenvalue weighted by Gasteiger charge is -2.24. The molecule has 0 saturated carbocycles. The summed E-state index contributed by atoms with van der Waals surface area (Å²) in [5.74, 6) is 0. The second-order valence-electron chi connectivity index (χ2n) is 4.75. The first-order chi connectivity index (χ1) is 7.98. The van der Waals surface area contributed by atoms with Crippen LogP contribution in [0, 0.1) is 11.3 Å². The molecule has 0 aromatic carbocycles. The van der Waals surface area contributed by atoms with Crippen LogP contribution >= 0.6 is 0 Å². The number of aromatic nitrogens is 1. The Morgan fingerprint density at radius 2 is 2.24 bits per heavy atom. The topological polar surface area (TPSA) is 50.0 Å². The molecule has 94 valence electrons. The molecule has 0 spiro atoms. The first-order valence-corrected chi connectivity index (χ1v) is 5.88. The number of nitrogens with zero attached hydrogens (tertiary/aromatic N) is 2. The fourth-order valence-corrected chi connectivity index (χ4v) is 1.79. The Morgan fingerprint density at radius 1 is 1.53 bits per heavy atom. The van der Waals surface area contributed by atoms with Crippen LogP contribution in [-0.4, -0.2) is 23.3 Å². The van der Waals surface area contributed by atoms with Gasteiger partial charge in [-0.05, 0) is 32.4 Å². The molecule has 0 aliphatic heterocycles. The average Bonchev–Trinajstić information content (AvgIpc) is 2.58. The third kappa shape index (κ3) is 4.22. The fourth-order valence-electron chi connectivity index (χ4n) is 1.79. The smallest absolute Gasteiger partial charge is 0.120 e. The minimum absolute atomic E-state index is 0.151. The second kappa shape index (κ2) is 5.85. The zero-order valence-corrected chi connectivity index (χ0v) is 11.1. The van der Waals surface area contributed by atoms with Crippen molar-refractivity contribution >= 4 is 0 Å². The molecule has 0 unspecified atom stereocenters. The Kier molecular flexibility index (Phi) is 4.73. The molecule has 4 nitrogen and oxygen atoms in total. The van der Waals surface area contributed by atoms with Gasteiger partial charge in [0.05, 0.1) is 5.60 Å². The molecule has 4 heteroatoms. The highest BCUT2D eigenvalue weighted by atomic mass is 16.5. The number of hydrogen-bond donors (Lipinski definition) is 1. The summed E-state index contributed by atoms with van der Waals surface area (Å²) in [6.45, 7) is 8.39. The van der Waals surface area contributed by atoms with Crippen LogP contribution in [0.4, 0.5) is 0 Å². The van der Waals surface area contributed by atoms with Gasteiger partial charge in [-0.1, -0.05) is 0 Å².